The van der Waals surface area contributed by atoms with Crippen LogP contribution in [0, 0.1) is 17.0 Å². The summed E-state index contributed by atoms with van der Waals surface area (Å²) in [6, 6.07) is 15.2. The van der Waals surface area contributed by atoms with Crippen LogP contribution in [-0.4, -0.2) is 20.6 Å². The highest BCUT2D eigenvalue weighted by atomic mass is 35.5. The zero-order valence-corrected chi connectivity index (χ0v) is 20.8. The van der Waals surface area contributed by atoms with Gasteiger partial charge in [0.15, 0.2) is 12.4 Å². The van der Waals surface area contributed by atoms with E-state index in [0.717, 1.165) is 5.56 Å². The van der Waals surface area contributed by atoms with Crippen molar-refractivity contribution in [2.75, 3.05) is 5.32 Å². The number of carbonyl (C=O) groups is 1. The molecule has 3 aromatic carbocycles. The van der Waals surface area contributed by atoms with Crippen LogP contribution in [0.1, 0.15) is 16.1 Å². The molecule has 0 unspecified atom stereocenters. The molecule has 1 aromatic heterocycles. The Hall–Kier alpha value is -3.79. The van der Waals surface area contributed by atoms with E-state index in [0.29, 0.717) is 15.8 Å². The minimum atomic E-state index is -0.601. The largest absolute Gasteiger partial charge is 0.471 e. The molecule has 0 saturated heterocycles. The Morgan fingerprint density at radius 2 is 1.83 bits per heavy atom. The Balaban J connectivity index is 1.47. The van der Waals surface area contributed by atoms with Crippen LogP contribution in [-0.2, 0) is 6.73 Å². The third-order valence-electron chi connectivity index (χ3n) is 4.85. The van der Waals surface area contributed by atoms with Crippen LogP contribution in [0.4, 0.5) is 11.4 Å². The fraction of sp³-hybridized carbons (Fsp3) is 0.0833. The monoisotopic (exact) mass is 546 g/mol. The highest BCUT2D eigenvalue weighted by Gasteiger charge is 2.16. The highest BCUT2D eigenvalue weighted by Crippen LogP contribution is 2.34. The van der Waals surface area contributed by atoms with Gasteiger partial charge in [-0.3, -0.25) is 14.9 Å². The van der Waals surface area contributed by atoms with Gasteiger partial charge in [-0.1, -0.05) is 34.8 Å². The maximum atomic E-state index is 12.7. The van der Waals surface area contributed by atoms with Crippen molar-refractivity contribution >= 4 is 52.1 Å². The Labute approximate surface area is 220 Å². The number of halogens is 3. The Morgan fingerprint density at radius 3 is 2.56 bits per heavy atom. The summed E-state index contributed by atoms with van der Waals surface area (Å²) in [6.07, 6.45) is 1.57. The van der Waals surface area contributed by atoms with E-state index in [-0.39, 0.29) is 40.3 Å². The van der Waals surface area contributed by atoms with E-state index in [1.165, 1.54) is 41.1 Å². The van der Waals surface area contributed by atoms with Crippen molar-refractivity contribution in [3.05, 3.63) is 103 Å². The van der Waals surface area contributed by atoms with Gasteiger partial charge in [-0.05, 0) is 55.0 Å². The third-order valence-corrected chi connectivity index (χ3v) is 5.80. The van der Waals surface area contributed by atoms with Gasteiger partial charge in [-0.2, -0.15) is 5.10 Å². The summed E-state index contributed by atoms with van der Waals surface area (Å²) >= 11 is 18.0. The third kappa shape index (κ3) is 6.25. The second-order valence-corrected chi connectivity index (χ2v) is 8.78. The van der Waals surface area contributed by atoms with Crippen LogP contribution in [0.15, 0.2) is 66.9 Å². The number of nitro benzene ring substituents is 1. The number of amides is 1. The average Bonchev–Trinajstić information content (AvgIpc) is 3.31. The summed E-state index contributed by atoms with van der Waals surface area (Å²) in [7, 11) is 0. The summed E-state index contributed by atoms with van der Waals surface area (Å²) in [5, 5.41) is 19.5. The Kier molecular flexibility index (Phi) is 7.64. The normalized spacial score (nSPS) is 10.7. The van der Waals surface area contributed by atoms with Gasteiger partial charge in [0.2, 0.25) is 0 Å². The van der Waals surface area contributed by atoms with Crippen molar-refractivity contribution in [2.24, 2.45) is 0 Å². The van der Waals surface area contributed by atoms with Crippen LogP contribution >= 0.6 is 34.8 Å². The molecule has 4 aromatic rings. The first-order valence-electron chi connectivity index (χ1n) is 10.3. The summed E-state index contributed by atoms with van der Waals surface area (Å²) in [6.45, 7) is 1.92. The Bertz CT molecular complexity index is 1460. The molecule has 0 aliphatic rings. The molecule has 0 atom stereocenters. The first-order valence-corrected chi connectivity index (χ1v) is 11.5. The summed E-state index contributed by atoms with van der Waals surface area (Å²) in [5.41, 5.74) is 0.802. The number of anilines is 1. The topological polar surface area (TPSA) is 109 Å². The lowest BCUT2D eigenvalue weighted by molar-refractivity contribution is -0.384. The standard InChI is InChI=1S/C24H17Cl3N4O5/c1-14-8-18(3-4-20(14)26)35-13-30-7-6-22(29-30)24(32)28-16-10-17(31(33)34)12-19(11-16)36-23-5-2-15(25)9-21(23)27/h2-12H,13H2,1H3,(H,28,32). The zero-order valence-electron chi connectivity index (χ0n) is 18.6. The maximum Gasteiger partial charge on any atom is 0.276 e. The van der Waals surface area contributed by atoms with E-state index in [2.05, 4.69) is 10.4 Å². The van der Waals surface area contributed by atoms with Crippen molar-refractivity contribution in [3.63, 3.8) is 0 Å². The Morgan fingerprint density at radius 1 is 1.03 bits per heavy atom. The molecule has 0 fully saturated rings. The van der Waals surface area contributed by atoms with Gasteiger partial charge >= 0.3 is 0 Å². The molecule has 36 heavy (non-hydrogen) atoms. The fourth-order valence-corrected chi connectivity index (χ4v) is 3.67. The van der Waals surface area contributed by atoms with E-state index in [9.17, 15) is 14.9 Å². The lowest BCUT2D eigenvalue weighted by Gasteiger charge is -2.10. The van der Waals surface area contributed by atoms with Crippen molar-refractivity contribution < 1.29 is 19.2 Å². The second-order valence-electron chi connectivity index (χ2n) is 7.53. The van der Waals surface area contributed by atoms with Crippen molar-refractivity contribution in [1.29, 1.82) is 0 Å². The average molecular weight is 548 g/mol. The zero-order chi connectivity index (χ0) is 25.8. The number of nitro groups is 1. The second kappa shape index (κ2) is 10.9. The van der Waals surface area contributed by atoms with Gasteiger partial charge in [0.1, 0.15) is 17.2 Å². The lowest BCUT2D eigenvalue weighted by Crippen LogP contribution is -2.14. The van der Waals surface area contributed by atoms with Gasteiger partial charge in [0, 0.05) is 28.4 Å². The summed E-state index contributed by atoms with van der Waals surface area (Å²) in [5.74, 6) is 0.366. The predicted molar refractivity (Wildman–Crippen MR) is 137 cm³/mol. The summed E-state index contributed by atoms with van der Waals surface area (Å²) in [4.78, 5) is 23.6. The number of rotatable bonds is 8. The first-order chi connectivity index (χ1) is 17.2. The number of hydrogen-bond donors (Lipinski definition) is 1. The smallest absolute Gasteiger partial charge is 0.276 e. The van der Waals surface area contributed by atoms with E-state index >= 15 is 0 Å². The molecule has 0 aliphatic carbocycles. The quantitative estimate of drug-likeness (QED) is 0.185. The van der Waals surface area contributed by atoms with Gasteiger partial charge in [-0.15, -0.1) is 0 Å². The number of benzene rings is 3. The molecular weight excluding hydrogens is 531 g/mol. The fourth-order valence-electron chi connectivity index (χ4n) is 3.10. The minimum absolute atomic E-state index is 0.0605. The summed E-state index contributed by atoms with van der Waals surface area (Å²) < 4.78 is 12.8. The minimum Gasteiger partial charge on any atom is -0.471 e. The molecule has 0 saturated carbocycles. The number of hydrogen-bond acceptors (Lipinski definition) is 6. The van der Waals surface area contributed by atoms with Gasteiger partial charge < -0.3 is 14.8 Å². The molecule has 0 spiro atoms. The van der Waals surface area contributed by atoms with Crippen molar-refractivity contribution in [3.8, 4) is 17.2 Å². The number of aromatic nitrogens is 2. The van der Waals surface area contributed by atoms with E-state index < -0.39 is 10.8 Å². The molecule has 12 heteroatoms. The maximum absolute atomic E-state index is 12.7. The van der Waals surface area contributed by atoms with Gasteiger partial charge in [-0.25, -0.2) is 4.68 Å². The lowest BCUT2D eigenvalue weighted by atomic mass is 10.2. The number of non-ortho nitro benzene ring substituents is 1. The van der Waals surface area contributed by atoms with Crippen LogP contribution < -0.4 is 14.8 Å². The number of nitrogens with zero attached hydrogens (tertiary/aromatic N) is 3. The van der Waals surface area contributed by atoms with Crippen LogP contribution in [0.3, 0.4) is 0 Å². The molecule has 0 aliphatic heterocycles. The number of ether oxygens (including phenoxy) is 2. The van der Waals surface area contributed by atoms with E-state index in [1.807, 2.05) is 6.92 Å². The van der Waals surface area contributed by atoms with Gasteiger partial charge in [0.05, 0.1) is 21.7 Å². The van der Waals surface area contributed by atoms with E-state index in [4.69, 9.17) is 44.3 Å². The first kappa shape index (κ1) is 25.3. The SMILES string of the molecule is Cc1cc(OCn2ccc(C(=O)Nc3cc(Oc4ccc(Cl)cc4Cl)cc([N+](=O)[O-])c3)n2)ccc1Cl. The van der Waals surface area contributed by atoms with Crippen molar-refractivity contribution in [2.45, 2.75) is 13.7 Å². The molecule has 0 radical (unpaired) electrons. The molecule has 9 nitrogen and oxygen atoms in total. The molecule has 4 rings (SSSR count). The molecule has 0 bridgehead atoms. The van der Waals surface area contributed by atoms with Gasteiger partial charge in [0.25, 0.3) is 11.6 Å². The molecule has 1 heterocycles. The predicted octanol–water partition coefficient (Wildman–Crippen LogP) is 7.14. The number of nitrogens with one attached hydrogen (secondary N) is 1. The van der Waals surface area contributed by atoms with E-state index in [1.54, 1.807) is 30.5 Å². The molecule has 1 amide bonds. The van der Waals surface area contributed by atoms with Crippen LogP contribution in [0.2, 0.25) is 15.1 Å². The molecule has 184 valence electrons. The van der Waals surface area contributed by atoms with Crippen LogP contribution in [0.5, 0.6) is 17.2 Å². The number of aryl methyl sites for hydroxylation is 1. The molecule has 1 N–H and O–H groups in total. The van der Waals surface area contributed by atoms with Crippen molar-refractivity contribution in [1.82, 2.24) is 9.78 Å². The van der Waals surface area contributed by atoms with Crippen LogP contribution in [0.25, 0.3) is 0 Å². The molecular formula is C24H17Cl3N4O5. The highest BCUT2D eigenvalue weighted by molar-refractivity contribution is 6.35. The number of carbonyl (C=O) groups excluding carboxylic acids is 1.